The molecule has 0 amide bonds. The van der Waals surface area contributed by atoms with Crippen molar-refractivity contribution in [2.75, 3.05) is 0 Å². The second-order valence-electron chi connectivity index (χ2n) is 2.60. The van der Waals surface area contributed by atoms with Gasteiger partial charge in [-0.2, -0.15) is 0 Å². The van der Waals surface area contributed by atoms with Gasteiger partial charge < -0.3 is 5.11 Å². The molecule has 3 heteroatoms. The highest BCUT2D eigenvalue weighted by atomic mass is 79.9. The number of aldehydes is 1. The van der Waals surface area contributed by atoms with Gasteiger partial charge in [-0.15, -0.1) is 0 Å². The van der Waals surface area contributed by atoms with E-state index in [9.17, 15) is 4.79 Å². The van der Waals surface area contributed by atoms with E-state index >= 15 is 0 Å². The van der Waals surface area contributed by atoms with Crippen LogP contribution in [0.2, 0.25) is 0 Å². The van der Waals surface area contributed by atoms with E-state index in [1.165, 1.54) is 0 Å². The maximum Gasteiger partial charge on any atom is 0.151 e. The number of carbonyl (C=O) groups excluding carboxylic acids is 1. The second kappa shape index (κ2) is 3.83. The van der Waals surface area contributed by atoms with Gasteiger partial charge in [0.1, 0.15) is 0 Å². The van der Waals surface area contributed by atoms with Crippen LogP contribution in [0.1, 0.15) is 21.5 Å². The van der Waals surface area contributed by atoms with E-state index in [2.05, 4.69) is 15.9 Å². The van der Waals surface area contributed by atoms with Gasteiger partial charge in [0.25, 0.3) is 0 Å². The highest BCUT2D eigenvalue weighted by Gasteiger charge is 2.05. The maximum atomic E-state index is 10.6. The molecule has 0 spiro atoms. The summed E-state index contributed by atoms with van der Waals surface area (Å²) in [6.45, 7) is 1.81. The topological polar surface area (TPSA) is 37.3 Å². The third kappa shape index (κ3) is 1.73. The van der Waals surface area contributed by atoms with Gasteiger partial charge in [0.2, 0.25) is 0 Å². The molecule has 0 bridgehead atoms. The lowest BCUT2D eigenvalue weighted by Crippen LogP contribution is -1.94. The first-order valence-electron chi connectivity index (χ1n) is 3.54. The van der Waals surface area contributed by atoms with Crippen molar-refractivity contribution in [1.82, 2.24) is 0 Å². The van der Waals surface area contributed by atoms with Crippen LogP contribution in [-0.4, -0.2) is 11.4 Å². The molecule has 0 aliphatic rings. The van der Waals surface area contributed by atoms with E-state index in [-0.39, 0.29) is 6.61 Å². The molecule has 1 aromatic rings. The molecule has 0 unspecified atom stereocenters. The average Bonchev–Trinajstić information content (AvgIpc) is 2.03. The number of rotatable bonds is 2. The quantitative estimate of drug-likeness (QED) is 0.788. The van der Waals surface area contributed by atoms with Crippen LogP contribution in [0.3, 0.4) is 0 Å². The van der Waals surface area contributed by atoms with Gasteiger partial charge in [-0.3, -0.25) is 4.79 Å². The zero-order valence-electron chi connectivity index (χ0n) is 6.67. The van der Waals surface area contributed by atoms with Gasteiger partial charge >= 0.3 is 0 Å². The number of hydrogen-bond donors (Lipinski definition) is 1. The van der Waals surface area contributed by atoms with Crippen molar-refractivity contribution in [2.45, 2.75) is 13.5 Å². The monoisotopic (exact) mass is 228 g/mol. The SMILES string of the molecule is Cc1cc(Br)c(C=O)c(CO)c1. The molecule has 0 saturated carbocycles. The maximum absolute atomic E-state index is 10.6. The molecule has 0 atom stereocenters. The summed E-state index contributed by atoms with van der Waals surface area (Å²) < 4.78 is 0.738. The standard InChI is InChI=1S/C9H9BrO2/c1-6-2-7(4-11)8(5-12)9(10)3-6/h2-3,5,11H,4H2,1H3. The Bertz CT molecular complexity index is 308. The fraction of sp³-hybridized carbons (Fsp3) is 0.222. The molecule has 0 fully saturated rings. The average molecular weight is 229 g/mol. The van der Waals surface area contributed by atoms with Crippen LogP contribution >= 0.6 is 15.9 Å². The van der Waals surface area contributed by atoms with E-state index in [0.717, 1.165) is 16.3 Å². The van der Waals surface area contributed by atoms with E-state index < -0.39 is 0 Å². The lowest BCUT2D eigenvalue weighted by molar-refractivity contribution is 0.111. The Balaban J connectivity index is 3.33. The number of benzene rings is 1. The predicted molar refractivity (Wildman–Crippen MR) is 50.2 cm³/mol. The fourth-order valence-corrected chi connectivity index (χ4v) is 1.80. The molecule has 1 rings (SSSR count). The summed E-state index contributed by atoms with van der Waals surface area (Å²) >= 11 is 3.26. The molecule has 1 N–H and O–H groups in total. The van der Waals surface area contributed by atoms with Crippen molar-refractivity contribution in [2.24, 2.45) is 0 Å². The summed E-state index contributed by atoms with van der Waals surface area (Å²) in [5.41, 5.74) is 2.22. The molecule has 2 nitrogen and oxygen atoms in total. The van der Waals surface area contributed by atoms with Crippen molar-refractivity contribution in [3.63, 3.8) is 0 Å². The smallest absolute Gasteiger partial charge is 0.151 e. The lowest BCUT2D eigenvalue weighted by atomic mass is 10.1. The Morgan fingerprint density at radius 3 is 2.75 bits per heavy atom. The first-order valence-corrected chi connectivity index (χ1v) is 4.33. The molecule has 0 saturated heterocycles. The van der Waals surface area contributed by atoms with Crippen LogP contribution in [0.5, 0.6) is 0 Å². The molecule has 0 heterocycles. The van der Waals surface area contributed by atoms with Gasteiger partial charge in [0.05, 0.1) is 6.61 Å². The van der Waals surface area contributed by atoms with E-state index in [4.69, 9.17) is 5.11 Å². The minimum absolute atomic E-state index is 0.103. The highest BCUT2D eigenvalue weighted by molar-refractivity contribution is 9.10. The summed E-state index contributed by atoms with van der Waals surface area (Å²) in [7, 11) is 0. The minimum Gasteiger partial charge on any atom is -0.392 e. The van der Waals surface area contributed by atoms with E-state index in [0.29, 0.717) is 11.1 Å². The first-order chi connectivity index (χ1) is 5.69. The largest absolute Gasteiger partial charge is 0.392 e. The number of hydrogen-bond acceptors (Lipinski definition) is 2. The second-order valence-corrected chi connectivity index (χ2v) is 3.45. The number of aryl methyl sites for hydroxylation is 1. The van der Waals surface area contributed by atoms with Crippen LogP contribution in [0, 0.1) is 6.92 Å². The van der Waals surface area contributed by atoms with Crippen molar-refractivity contribution in [3.05, 3.63) is 33.3 Å². The normalized spacial score (nSPS) is 9.92. The summed E-state index contributed by atoms with van der Waals surface area (Å²) in [6.07, 6.45) is 0.745. The van der Waals surface area contributed by atoms with E-state index in [1.54, 1.807) is 6.07 Å². The van der Waals surface area contributed by atoms with Crippen molar-refractivity contribution in [3.8, 4) is 0 Å². The lowest BCUT2D eigenvalue weighted by Gasteiger charge is -2.04. The zero-order valence-corrected chi connectivity index (χ0v) is 8.26. The summed E-state index contributed by atoms with van der Waals surface area (Å²) in [5.74, 6) is 0. The Kier molecular flexibility index (Phi) is 3.00. The van der Waals surface area contributed by atoms with Crippen LogP contribution in [0.15, 0.2) is 16.6 Å². The summed E-state index contributed by atoms with van der Waals surface area (Å²) in [4.78, 5) is 10.6. The van der Waals surface area contributed by atoms with Crippen LogP contribution in [0.25, 0.3) is 0 Å². The minimum atomic E-state index is -0.103. The Morgan fingerprint density at radius 1 is 1.58 bits per heavy atom. The Labute approximate surface area is 79.3 Å². The molecule has 0 aliphatic carbocycles. The summed E-state index contributed by atoms with van der Waals surface area (Å²) in [6, 6.07) is 3.65. The van der Waals surface area contributed by atoms with Crippen LogP contribution < -0.4 is 0 Å². The van der Waals surface area contributed by atoms with Crippen LogP contribution in [-0.2, 0) is 6.61 Å². The van der Waals surface area contributed by atoms with Gasteiger partial charge in [0, 0.05) is 10.0 Å². The number of carbonyl (C=O) groups is 1. The van der Waals surface area contributed by atoms with Crippen molar-refractivity contribution >= 4 is 22.2 Å². The van der Waals surface area contributed by atoms with Gasteiger partial charge in [-0.1, -0.05) is 22.0 Å². The third-order valence-corrected chi connectivity index (χ3v) is 2.30. The molecule has 0 radical (unpaired) electrons. The molecular formula is C9H9BrO2. The zero-order chi connectivity index (χ0) is 9.14. The Morgan fingerprint density at radius 2 is 2.25 bits per heavy atom. The molecular weight excluding hydrogens is 220 g/mol. The van der Waals surface area contributed by atoms with Gasteiger partial charge in [-0.25, -0.2) is 0 Å². The van der Waals surface area contributed by atoms with Crippen molar-refractivity contribution < 1.29 is 9.90 Å². The Hall–Kier alpha value is -0.670. The fourth-order valence-electron chi connectivity index (χ4n) is 1.09. The first kappa shape index (κ1) is 9.42. The van der Waals surface area contributed by atoms with E-state index in [1.807, 2.05) is 13.0 Å². The third-order valence-electron chi connectivity index (χ3n) is 1.65. The number of aliphatic hydroxyl groups excluding tert-OH is 1. The van der Waals surface area contributed by atoms with Crippen molar-refractivity contribution in [1.29, 1.82) is 0 Å². The predicted octanol–water partition coefficient (Wildman–Crippen LogP) is 2.06. The molecule has 0 aliphatic heterocycles. The number of halogens is 1. The molecule has 12 heavy (non-hydrogen) atoms. The van der Waals surface area contributed by atoms with Gasteiger partial charge in [0.15, 0.2) is 6.29 Å². The molecule has 1 aromatic carbocycles. The molecule has 64 valence electrons. The highest BCUT2D eigenvalue weighted by Crippen LogP contribution is 2.21. The number of aliphatic hydroxyl groups is 1. The summed E-state index contributed by atoms with van der Waals surface area (Å²) in [5, 5.41) is 8.92. The van der Waals surface area contributed by atoms with Crippen LogP contribution in [0.4, 0.5) is 0 Å². The van der Waals surface area contributed by atoms with Gasteiger partial charge in [-0.05, 0) is 24.1 Å². The molecule has 0 aromatic heterocycles.